The second kappa shape index (κ2) is 3.76. The first-order valence-electron chi connectivity index (χ1n) is 4.91. The van der Waals surface area contributed by atoms with E-state index in [1.807, 2.05) is 0 Å². The second-order valence-corrected chi connectivity index (χ2v) is 4.09. The molecule has 0 aromatic heterocycles. The number of rotatable bonds is 2. The SMILES string of the molecule is [C-]#[N+][C@]1(C)CC(F)(F)CN1C(=O)CCC. The number of halogens is 2. The number of amides is 1. The lowest BCUT2D eigenvalue weighted by Gasteiger charge is -2.23. The number of carbonyl (C=O) groups is 1. The third-order valence-electron chi connectivity index (χ3n) is 2.57. The van der Waals surface area contributed by atoms with E-state index in [2.05, 4.69) is 4.85 Å². The molecule has 0 radical (unpaired) electrons. The molecule has 0 aliphatic carbocycles. The van der Waals surface area contributed by atoms with Gasteiger partial charge in [0, 0.05) is 13.3 Å². The molecule has 0 saturated carbocycles. The van der Waals surface area contributed by atoms with Crippen LogP contribution in [0.5, 0.6) is 0 Å². The zero-order valence-electron chi connectivity index (χ0n) is 8.89. The van der Waals surface area contributed by atoms with Gasteiger partial charge in [-0.25, -0.2) is 15.4 Å². The van der Waals surface area contributed by atoms with E-state index in [0.717, 1.165) is 4.90 Å². The Labute approximate surface area is 87.9 Å². The molecule has 0 N–H and O–H groups in total. The predicted octanol–water partition coefficient (Wildman–Crippen LogP) is 2.29. The molecule has 3 nitrogen and oxygen atoms in total. The predicted molar refractivity (Wildman–Crippen MR) is 51.2 cm³/mol. The van der Waals surface area contributed by atoms with Crippen molar-refractivity contribution >= 4 is 5.91 Å². The van der Waals surface area contributed by atoms with Crippen LogP contribution in [0.4, 0.5) is 8.78 Å². The molecule has 1 aliphatic rings. The Morgan fingerprint density at radius 3 is 2.67 bits per heavy atom. The van der Waals surface area contributed by atoms with Crippen LogP contribution in [-0.4, -0.2) is 28.9 Å². The molecular weight excluding hydrogens is 202 g/mol. The number of nitrogens with zero attached hydrogens (tertiary/aromatic N) is 2. The van der Waals surface area contributed by atoms with E-state index < -0.39 is 24.6 Å². The first-order valence-corrected chi connectivity index (χ1v) is 4.91. The maximum absolute atomic E-state index is 13.1. The first-order chi connectivity index (χ1) is 6.84. The summed E-state index contributed by atoms with van der Waals surface area (Å²) in [6, 6.07) is 0. The van der Waals surface area contributed by atoms with Gasteiger partial charge in [0.15, 0.2) is 0 Å². The maximum atomic E-state index is 13.1. The molecule has 0 aromatic rings. The normalized spacial score (nSPS) is 28.9. The third-order valence-corrected chi connectivity index (χ3v) is 2.57. The average molecular weight is 216 g/mol. The van der Waals surface area contributed by atoms with E-state index >= 15 is 0 Å². The lowest BCUT2D eigenvalue weighted by atomic mass is 10.1. The zero-order valence-corrected chi connectivity index (χ0v) is 8.89. The number of carbonyl (C=O) groups excluding carboxylic acids is 1. The van der Waals surface area contributed by atoms with Gasteiger partial charge < -0.3 is 0 Å². The summed E-state index contributed by atoms with van der Waals surface area (Å²) in [6.07, 6.45) is 0.273. The highest BCUT2D eigenvalue weighted by molar-refractivity contribution is 5.77. The van der Waals surface area contributed by atoms with Gasteiger partial charge in [0.2, 0.25) is 5.91 Å². The van der Waals surface area contributed by atoms with Gasteiger partial charge in [-0.15, -0.1) is 0 Å². The molecule has 0 unspecified atom stereocenters. The first kappa shape index (κ1) is 11.9. The number of hydrogen-bond acceptors (Lipinski definition) is 1. The van der Waals surface area contributed by atoms with Gasteiger partial charge in [-0.3, -0.25) is 14.5 Å². The van der Waals surface area contributed by atoms with E-state index in [9.17, 15) is 13.6 Å². The van der Waals surface area contributed by atoms with Crippen LogP contribution in [0.15, 0.2) is 0 Å². The smallest absolute Gasteiger partial charge is 0.287 e. The van der Waals surface area contributed by atoms with Crippen LogP contribution in [0.1, 0.15) is 33.1 Å². The van der Waals surface area contributed by atoms with Crippen molar-refractivity contribution in [1.82, 2.24) is 4.90 Å². The van der Waals surface area contributed by atoms with E-state index in [0.29, 0.717) is 6.42 Å². The molecule has 1 atom stereocenters. The molecule has 0 aromatic carbocycles. The number of alkyl halides is 2. The Morgan fingerprint density at radius 1 is 1.60 bits per heavy atom. The van der Waals surface area contributed by atoms with Crippen molar-refractivity contribution in [2.75, 3.05) is 6.54 Å². The van der Waals surface area contributed by atoms with Crippen LogP contribution in [0.25, 0.3) is 4.85 Å². The molecule has 1 rings (SSSR count). The third kappa shape index (κ3) is 2.25. The quantitative estimate of drug-likeness (QED) is 0.650. The molecule has 84 valence electrons. The molecule has 5 heteroatoms. The molecule has 1 aliphatic heterocycles. The molecule has 1 heterocycles. The fourth-order valence-corrected chi connectivity index (χ4v) is 1.85. The molecule has 0 spiro atoms. The van der Waals surface area contributed by atoms with Crippen LogP contribution in [-0.2, 0) is 4.79 Å². The molecular formula is C10H14F2N2O. The van der Waals surface area contributed by atoms with Crippen LogP contribution in [0.2, 0.25) is 0 Å². The van der Waals surface area contributed by atoms with Crippen molar-refractivity contribution in [3.63, 3.8) is 0 Å². The lowest BCUT2D eigenvalue weighted by molar-refractivity contribution is -0.134. The van der Waals surface area contributed by atoms with Crippen LogP contribution in [0, 0.1) is 6.57 Å². The summed E-state index contributed by atoms with van der Waals surface area (Å²) in [5, 5.41) is 0. The van der Waals surface area contributed by atoms with Crippen molar-refractivity contribution < 1.29 is 13.6 Å². The van der Waals surface area contributed by atoms with E-state index in [-0.39, 0.29) is 12.3 Å². The van der Waals surface area contributed by atoms with Gasteiger partial charge in [-0.1, -0.05) is 6.92 Å². The number of hydrogen-bond donors (Lipinski definition) is 0. The van der Waals surface area contributed by atoms with Crippen LogP contribution in [0.3, 0.4) is 0 Å². The maximum Gasteiger partial charge on any atom is 0.313 e. The van der Waals surface area contributed by atoms with Gasteiger partial charge in [0.25, 0.3) is 5.92 Å². The van der Waals surface area contributed by atoms with Gasteiger partial charge in [-0.2, -0.15) is 0 Å². The zero-order chi connectivity index (χ0) is 11.7. The second-order valence-electron chi connectivity index (χ2n) is 4.09. The summed E-state index contributed by atoms with van der Waals surface area (Å²) in [4.78, 5) is 15.7. The van der Waals surface area contributed by atoms with Crippen molar-refractivity contribution in [2.24, 2.45) is 0 Å². The Morgan fingerprint density at radius 2 is 2.20 bits per heavy atom. The van der Waals surface area contributed by atoms with Gasteiger partial charge in [-0.05, 0) is 6.42 Å². The molecule has 15 heavy (non-hydrogen) atoms. The Hall–Kier alpha value is -1.18. The Bertz CT molecular complexity index is 311. The van der Waals surface area contributed by atoms with Crippen molar-refractivity contribution in [3.05, 3.63) is 11.4 Å². The fraction of sp³-hybridized carbons (Fsp3) is 0.800. The van der Waals surface area contributed by atoms with Crippen LogP contribution < -0.4 is 0 Å². The summed E-state index contributed by atoms with van der Waals surface area (Å²) in [5.41, 5.74) is -1.37. The van der Waals surface area contributed by atoms with Gasteiger partial charge in [0.05, 0.1) is 6.54 Å². The summed E-state index contributed by atoms with van der Waals surface area (Å²) in [6.45, 7) is 9.51. The lowest BCUT2D eigenvalue weighted by Crippen LogP contribution is -2.42. The fourth-order valence-electron chi connectivity index (χ4n) is 1.85. The van der Waals surface area contributed by atoms with Crippen molar-refractivity contribution in [1.29, 1.82) is 0 Å². The highest BCUT2D eigenvalue weighted by Crippen LogP contribution is 2.40. The van der Waals surface area contributed by atoms with E-state index in [1.54, 1.807) is 6.92 Å². The van der Waals surface area contributed by atoms with Crippen molar-refractivity contribution in [2.45, 2.75) is 44.7 Å². The highest BCUT2D eigenvalue weighted by atomic mass is 19.3. The van der Waals surface area contributed by atoms with Crippen LogP contribution >= 0.6 is 0 Å². The summed E-state index contributed by atoms with van der Waals surface area (Å²) in [7, 11) is 0. The summed E-state index contributed by atoms with van der Waals surface area (Å²) < 4.78 is 26.3. The molecule has 1 fully saturated rings. The van der Waals surface area contributed by atoms with Gasteiger partial charge >= 0.3 is 5.66 Å². The van der Waals surface area contributed by atoms with E-state index in [4.69, 9.17) is 6.57 Å². The molecule has 1 amide bonds. The largest absolute Gasteiger partial charge is 0.313 e. The summed E-state index contributed by atoms with van der Waals surface area (Å²) in [5.74, 6) is -3.28. The topological polar surface area (TPSA) is 24.7 Å². The van der Waals surface area contributed by atoms with Crippen molar-refractivity contribution in [3.8, 4) is 0 Å². The highest BCUT2D eigenvalue weighted by Gasteiger charge is 2.58. The minimum atomic E-state index is -2.93. The average Bonchev–Trinajstić information content (AvgIpc) is 2.38. The summed E-state index contributed by atoms with van der Waals surface area (Å²) >= 11 is 0. The van der Waals surface area contributed by atoms with Gasteiger partial charge in [0.1, 0.15) is 6.42 Å². The van der Waals surface area contributed by atoms with E-state index in [1.165, 1.54) is 6.92 Å². The standard InChI is InChI=1S/C10H14F2N2O/c1-4-5-8(15)14-7-10(11,12)6-9(14,2)13-3/h4-7H2,1-2H3/t9-/m0/s1. The monoisotopic (exact) mass is 216 g/mol. The number of likely N-dealkylation sites (tertiary alicyclic amines) is 1. The minimum absolute atomic E-state index is 0.223. The minimum Gasteiger partial charge on any atom is -0.287 e. The Kier molecular flexibility index (Phi) is 2.98. The molecule has 0 bridgehead atoms. The molecule has 1 saturated heterocycles. The Balaban J connectivity index is 2.89.